The molecule has 200 valence electrons. The lowest BCUT2D eigenvalue weighted by molar-refractivity contribution is -0.118. The van der Waals surface area contributed by atoms with Crippen molar-refractivity contribution in [3.63, 3.8) is 0 Å². The topological polar surface area (TPSA) is 140 Å². The van der Waals surface area contributed by atoms with Gasteiger partial charge in [0.1, 0.15) is 12.6 Å². The number of nitrogens with zero attached hydrogens (tertiary/aromatic N) is 1. The second kappa shape index (κ2) is 12.3. The smallest absolute Gasteiger partial charge is 0.408 e. The van der Waals surface area contributed by atoms with Gasteiger partial charge in [0.2, 0.25) is 0 Å². The van der Waals surface area contributed by atoms with Crippen LogP contribution in [-0.4, -0.2) is 31.7 Å². The van der Waals surface area contributed by atoms with Gasteiger partial charge >= 0.3 is 6.09 Å². The van der Waals surface area contributed by atoms with Gasteiger partial charge in [-0.2, -0.15) is 0 Å². The lowest BCUT2D eigenvalue weighted by Crippen LogP contribution is -2.37. The van der Waals surface area contributed by atoms with Crippen molar-refractivity contribution in [3.8, 4) is 11.1 Å². The summed E-state index contributed by atoms with van der Waals surface area (Å²) >= 11 is 0. The van der Waals surface area contributed by atoms with Crippen molar-refractivity contribution < 1.29 is 22.7 Å². The van der Waals surface area contributed by atoms with Crippen LogP contribution in [0.5, 0.6) is 0 Å². The Morgan fingerprint density at radius 1 is 0.897 bits per heavy atom. The summed E-state index contributed by atoms with van der Waals surface area (Å²) in [5.74, 6) is -0.483. The molecule has 3 aromatic carbocycles. The standard InChI is InChI=1S/C29H28N4O5S/c1-39(36,37)26-14-13-24(18-31-26)22-10-6-11-23(16-22)27(28(34)32-25-12-5-9-21(15-25)17-30)33-29(35)38-19-20-7-3-2-4-8-20/h2-16,18,27H,17,19,30H2,1H3,(H,32,34)(H,33,35)/t27-/m0/s1. The van der Waals surface area contributed by atoms with Crippen LogP contribution in [0.3, 0.4) is 0 Å². The summed E-state index contributed by atoms with van der Waals surface area (Å²) in [6, 6.07) is 25.2. The SMILES string of the molecule is CS(=O)(=O)c1ccc(-c2cccc([C@H](NC(=O)OCc3ccccc3)C(=O)Nc3cccc(CN)c3)c2)cn1. The Hall–Kier alpha value is -4.54. The average Bonchev–Trinajstić information content (AvgIpc) is 2.95. The number of amides is 2. The number of nitrogens with two attached hydrogens (primary N) is 1. The minimum absolute atomic E-state index is 0.0396. The van der Waals surface area contributed by atoms with Crippen LogP contribution in [0.25, 0.3) is 11.1 Å². The number of sulfone groups is 1. The van der Waals surface area contributed by atoms with E-state index >= 15 is 0 Å². The lowest BCUT2D eigenvalue weighted by atomic mass is 10.00. The predicted molar refractivity (Wildman–Crippen MR) is 148 cm³/mol. The van der Waals surface area contributed by atoms with Gasteiger partial charge in [0.05, 0.1) is 0 Å². The van der Waals surface area contributed by atoms with Gasteiger partial charge in [-0.3, -0.25) is 4.79 Å². The molecule has 39 heavy (non-hydrogen) atoms. The minimum Gasteiger partial charge on any atom is -0.445 e. The van der Waals surface area contributed by atoms with Crippen molar-refractivity contribution in [2.45, 2.75) is 24.2 Å². The van der Waals surface area contributed by atoms with Crippen molar-refractivity contribution >= 4 is 27.5 Å². The molecule has 0 bridgehead atoms. The second-order valence-corrected chi connectivity index (χ2v) is 10.8. The Labute approximate surface area is 227 Å². The van der Waals surface area contributed by atoms with E-state index in [4.69, 9.17) is 10.5 Å². The van der Waals surface area contributed by atoms with E-state index in [1.165, 1.54) is 12.3 Å². The van der Waals surface area contributed by atoms with Gasteiger partial charge < -0.3 is 21.1 Å². The number of hydrogen-bond acceptors (Lipinski definition) is 7. The molecule has 10 heteroatoms. The summed E-state index contributed by atoms with van der Waals surface area (Å²) < 4.78 is 28.9. The number of carbonyl (C=O) groups is 2. The molecular weight excluding hydrogens is 516 g/mol. The highest BCUT2D eigenvalue weighted by molar-refractivity contribution is 7.90. The van der Waals surface area contributed by atoms with Gasteiger partial charge in [0.25, 0.3) is 5.91 Å². The molecule has 1 heterocycles. The van der Waals surface area contributed by atoms with Gasteiger partial charge in [-0.25, -0.2) is 18.2 Å². The summed E-state index contributed by atoms with van der Waals surface area (Å²) in [7, 11) is -3.44. The molecule has 0 radical (unpaired) electrons. The number of pyridine rings is 1. The fourth-order valence-electron chi connectivity index (χ4n) is 3.84. The van der Waals surface area contributed by atoms with Crippen LogP contribution in [0.15, 0.2) is 102 Å². The molecule has 0 aliphatic rings. The molecule has 4 rings (SSSR count). The van der Waals surface area contributed by atoms with E-state index < -0.39 is 27.9 Å². The summed E-state index contributed by atoms with van der Waals surface area (Å²) in [4.78, 5) is 30.2. The fraction of sp³-hybridized carbons (Fsp3) is 0.138. The van der Waals surface area contributed by atoms with Crippen molar-refractivity contribution in [3.05, 3.63) is 114 Å². The van der Waals surface area contributed by atoms with Crippen molar-refractivity contribution in [1.82, 2.24) is 10.3 Å². The Morgan fingerprint density at radius 2 is 1.64 bits per heavy atom. The quantitative estimate of drug-likeness (QED) is 0.287. The lowest BCUT2D eigenvalue weighted by Gasteiger charge is -2.20. The van der Waals surface area contributed by atoms with Crippen LogP contribution in [0.1, 0.15) is 22.7 Å². The Kier molecular flexibility index (Phi) is 8.70. The molecule has 1 atom stereocenters. The van der Waals surface area contributed by atoms with Gasteiger partial charge in [-0.15, -0.1) is 0 Å². The second-order valence-electron chi connectivity index (χ2n) is 8.82. The van der Waals surface area contributed by atoms with Gasteiger partial charge in [0.15, 0.2) is 14.9 Å². The molecule has 2 amide bonds. The minimum atomic E-state index is -3.44. The molecule has 0 saturated carbocycles. The van der Waals surface area contributed by atoms with E-state index in [0.29, 0.717) is 28.9 Å². The summed E-state index contributed by atoms with van der Waals surface area (Å²) in [6.45, 7) is 0.351. The molecule has 0 saturated heterocycles. The number of alkyl carbamates (subject to hydrolysis) is 1. The zero-order valence-electron chi connectivity index (χ0n) is 21.2. The number of anilines is 1. The Morgan fingerprint density at radius 3 is 2.33 bits per heavy atom. The van der Waals surface area contributed by atoms with E-state index in [0.717, 1.165) is 17.4 Å². The zero-order valence-corrected chi connectivity index (χ0v) is 22.0. The van der Waals surface area contributed by atoms with Crippen LogP contribution >= 0.6 is 0 Å². The number of carbonyl (C=O) groups excluding carboxylic acids is 2. The molecule has 4 N–H and O–H groups in total. The van der Waals surface area contributed by atoms with E-state index in [1.807, 2.05) is 36.4 Å². The highest BCUT2D eigenvalue weighted by Crippen LogP contribution is 2.25. The van der Waals surface area contributed by atoms with Crippen molar-refractivity contribution in [1.29, 1.82) is 0 Å². The van der Waals surface area contributed by atoms with Gasteiger partial charge in [0, 0.05) is 30.2 Å². The number of rotatable bonds is 9. The molecule has 1 aromatic heterocycles. The molecule has 0 aliphatic carbocycles. The van der Waals surface area contributed by atoms with Crippen LogP contribution in [0.2, 0.25) is 0 Å². The fourth-order valence-corrected chi connectivity index (χ4v) is 4.40. The average molecular weight is 545 g/mol. The third-order valence-electron chi connectivity index (χ3n) is 5.84. The van der Waals surface area contributed by atoms with Crippen LogP contribution in [-0.2, 0) is 32.5 Å². The first-order chi connectivity index (χ1) is 18.7. The van der Waals surface area contributed by atoms with E-state index in [1.54, 1.807) is 48.5 Å². The third-order valence-corrected chi connectivity index (χ3v) is 6.84. The first kappa shape index (κ1) is 27.5. The van der Waals surface area contributed by atoms with E-state index in [-0.39, 0.29) is 11.6 Å². The first-order valence-corrected chi connectivity index (χ1v) is 14.0. The summed E-state index contributed by atoms with van der Waals surface area (Å²) in [5, 5.41) is 5.46. The largest absolute Gasteiger partial charge is 0.445 e. The monoisotopic (exact) mass is 544 g/mol. The van der Waals surface area contributed by atoms with E-state index in [9.17, 15) is 18.0 Å². The van der Waals surface area contributed by atoms with E-state index in [2.05, 4.69) is 15.6 Å². The normalized spacial score (nSPS) is 11.8. The predicted octanol–water partition coefficient (Wildman–Crippen LogP) is 4.22. The van der Waals surface area contributed by atoms with Crippen LogP contribution in [0, 0.1) is 0 Å². The van der Waals surface area contributed by atoms with Crippen LogP contribution in [0.4, 0.5) is 10.5 Å². The highest BCUT2D eigenvalue weighted by Gasteiger charge is 2.24. The third kappa shape index (κ3) is 7.50. The maximum atomic E-state index is 13.4. The molecule has 0 unspecified atom stereocenters. The number of aromatic nitrogens is 1. The van der Waals surface area contributed by atoms with Gasteiger partial charge in [-0.05, 0) is 52.6 Å². The maximum Gasteiger partial charge on any atom is 0.408 e. The first-order valence-electron chi connectivity index (χ1n) is 12.1. The molecular formula is C29H28N4O5S. The number of nitrogens with one attached hydrogen (secondary N) is 2. The number of ether oxygens (including phenoxy) is 1. The summed E-state index contributed by atoms with van der Waals surface area (Å²) in [6.07, 6.45) is 1.77. The Bertz CT molecular complexity index is 1560. The molecule has 0 aliphatic heterocycles. The number of hydrogen-bond donors (Lipinski definition) is 3. The molecule has 0 fully saturated rings. The van der Waals surface area contributed by atoms with Crippen molar-refractivity contribution in [2.24, 2.45) is 5.73 Å². The number of benzene rings is 3. The van der Waals surface area contributed by atoms with Crippen LogP contribution < -0.4 is 16.4 Å². The Balaban J connectivity index is 1.60. The molecule has 9 nitrogen and oxygen atoms in total. The van der Waals surface area contributed by atoms with Gasteiger partial charge in [-0.1, -0.05) is 60.7 Å². The molecule has 4 aromatic rings. The zero-order chi connectivity index (χ0) is 27.8. The van der Waals surface area contributed by atoms with Crippen molar-refractivity contribution in [2.75, 3.05) is 11.6 Å². The highest BCUT2D eigenvalue weighted by atomic mass is 32.2. The maximum absolute atomic E-state index is 13.4. The molecule has 0 spiro atoms. The summed E-state index contributed by atoms with van der Waals surface area (Å²) in [5.41, 5.74) is 9.72.